The van der Waals surface area contributed by atoms with Gasteiger partial charge in [0.1, 0.15) is 23.7 Å². The molecule has 1 aliphatic heterocycles. The lowest BCUT2D eigenvalue weighted by molar-refractivity contribution is -0.111. The molecule has 1 saturated heterocycles. The number of benzene rings is 1. The average Bonchev–Trinajstić information content (AvgIpc) is 2.85. The molecule has 190 valence electrons. The van der Waals surface area contributed by atoms with Gasteiger partial charge in [0.2, 0.25) is 5.91 Å². The lowest BCUT2D eigenvalue weighted by Crippen LogP contribution is -2.29. The quantitative estimate of drug-likeness (QED) is 0.406. The standard InChI is InChI=1S/C22H29N5O2.C4H6ClF/c1-4-16(2)25-22-17-13-19(20(29-3)14-18(17)23-15-24-22)26-21(28)9-8-12-27-10-6-5-7-11-27;1-3(5)4(2)6/h8-9,13-15H,2,4-7,10-12H2,1,3H3,(H,26,28)(H,23,24,25);1-2H3/b9-8+;4-3-. The molecule has 9 heteroatoms. The van der Waals surface area contributed by atoms with Crippen LogP contribution in [0.3, 0.4) is 0 Å². The molecule has 1 amide bonds. The molecule has 3 rings (SSSR count). The minimum Gasteiger partial charge on any atom is -0.494 e. The molecule has 1 fully saturated rings. The highest BCUT2D eigenvalue weighted by atomic mass is 35.5. The smallest absolute Gasteiger partial charge is 0.248 e. The number of aromatic nitrogens is 2. The zero-order chi connectivity index (χ0) is 25.8. The lowest BCUT2D eigenvalue weighted by Gasteiger charge is -2.24. The summed E-state index contributed by atoms with van der Waals surface area (Å²) in [6, 6.07) is 3.62. The van der Waals surface area contributed by atoms with Crippen molar-refractivity contribution in [2.45, 2.75) is 46.5 Å². The van der Waals surface area contributed by atoms with Crippen LogP contribution in [0.5, 0.6) is 5.75 Å². The number of methoxy groups -OCH3 is 1. The molecular formula is C26H35ClFN5O2. The van der Waals surface area contributed by atoms with E-state index in [1.807, 2.05) is 19.1 Å². The van der Waals surface area contributed by atoms with E-state index in [0.29, 0.717) is 17.3 Å². The summed E-state index contributed by atoms with van der Waals surface area (Å²) in [5.74, 6) is 0.704. The van der Waals surface area contributed by atoms with Gasteiger partial charge in [-0.2, -0.15) is 0 Å². The Kier molecular flexibility index (Phi) is 11.7. The molecule has 35 heavy (non-hydrogen) atoms. The summed E-state index contributed by atoms with van der Waals surface area (Å²) < 4.78 is 17.0. The van der Waals surface area contributed by atoms with Crippen molar-refractivity contribution in [2.75, 3.05) is 37.4 Å². The Morgan fingerprint density at radius 2 is 1.91 bits per heavy atom. The maximum absolute atomic E-state index is 12.4. The molecule has 2 N–H and O–H groups in total. The first kappa shape index (κ1) is 28.3. The van der Waals surface area contributed by atoms with E-state index in [0.717, 1.165) is 42.7 Å². The Hall–Kier alpha value is -2.97. The van der Waals surface area contributed by atoms with Crippen LogP contribution < -0.4 is 15.4 Å². The molecule has 0 radical (unpaired) electrons. The predicted octanol–water partition coefficient (Wildman–Crippen LogP) is 6.40. The summed E-state index contributed by atoms with van der Waals surface area (Å²) in [4.78, 5) is 23.4. The number of ether oxygens (including phenoxy) is 1. The first-order chi connectivity index (χ1) is 16.7. The van der Waals surface area contributed by atoms with Crippen molar-refractivity contribution >= 4 is 39.9 Å². The SMILES string of the molecule is C/C(F)=C(\C)Cl.C=C(CC)Nc1ncnc2cc(OC)c(NC(=O)/C=C/CN3CCCCC3)cc12. The van der Waals surface area contributed by atoms with Gasteiger partial charge in [0.05, 0.1) is 18.3 Å². The van der Waals surface area contributed by atoms with Crippen LogP contribution in [0, 0.1) is 0 Å². The third-order valence-electron chi connectivity index (χ3n) is 5.49. The topological polar surface area (TPSA) is 79.4 Å². The number of likely N-dealkylation sites (tertiary alicyclic amines) is 1. The van der Waals surface area contributed by atoms with E-state index in [-0.39, 0.29) is 16.8 Å². The fraction of sp³-hybridized carbons (Fsp3) is 0.423. The molecule has 0 saturated carbocycles. The van der Waals surface area contributed by atoms with Crippen molar-refractivity contribution in [3.05, 3.63) is 53.7 Å². The number of nitrogens with zero attached hydrogens (tertiary/aromatic N) is 3. The third-order valence-corrected chi connectivity index (χ3v) is 5.75. The zero-order valence-electron chi connectivity index (χ0n) is 21.0. The Balaban J connectivity index is 0.000000641. The molecule has 2 aromatic rings. The van der Waals surface area contributed by atoms with E-state index in [9.17, 15) is 9.18 Å². The monoisotopic (exact) mass is 503 g/mol. The van der Waals surface area contributed by atoms with Gasteiger partial charge in [-0.05, 0) is 52.3 Å². The molecule has 0 aliphatic carbocycles. The van der Waals surface area contributed by atoms with Crippen LogP contribution in [0.1, 0.15) is 46.5 Å². The molecule has 0 spiro atoms. The number of carbonyl (C=O) groups excluding carboxylic acids is 1. The first-order valence-electron chi connectivity index (χ1n) is 11.7. The van der Waals surface area contributed by atoms with Crippen molar-refractivity contribution in [3.8, 4) is 5.75 Å². The fourth-order valence-electron chi connectivity index (χ4n) is 3.33. The van der Waals surface area contributed by atoms with Crippen LogP contribution in [-0.4, -0.2) is 47.5 Å². The zero-order valence-corrected chi connectivity index (χ0v) is 21.7. The second kappa shape index (κ2) is 14.4. The Morgan fingerprint density at radius 1 is 1.23 bits per heavy atom. The maximum atomic E-state index is 12.4. The summed E-state index contributed by atoms with van der Waals surface area (Å²) in [6.45, 7) is 11.8. The van der Waals surface area contributed by atoms with Gasteiger partial charge in [0.15, 0.2) is 0 Å². The van der Waals surface area contributed by atoms with E-state index in [4.69, 9.17) is 16.3 Å². The number of halogens is 2. The van der Waals surface area contributed by atoms with E-state index in [1.165, 1.54) is 39.4 Å². The minimum absolute atomic E-state index is 0.191. The van der Waals surface area contributed by atoms with Gasteiger partial charge < -0.3 is 15.4 Å². The van der Waals surface area contributed by atoms with Crippen LogP contribution in [0.15, 0.2) is 53.7 Å². The Morgan fingerprint density at radius 3 is 2.51 bits per heavy atom. The number of anilines is 2. The summed E-state index contributed by atoms with van der Waals surface area (Å²) >= 11 is 5.12. The minimum atomic E-state index is -0.309. The van der Waals surface area contributed by atoms with Crippen LogP contribution in [-0.2, 0) is 4.79 Å². The average molecular weight is 504 g/mol. The van der Waals surface area contributed by atoms with Gasteiger partial charge in [-0.3, -0.25) is 9.69 Å². The van der Waals surface area contributed by atoms with Crippen molar-refractivity contribution in [3.63, 3.8) is 0 Å². The maximum Gasteiger partial charge on any atom is 0.248 e. The number of rotatable bonds is 8. The molecule has 1 aliphatic rings. The van der Waals surface area contributed by atoms with E-state index >= 15 is 0 Å². The van der Waals surface area contributed by atoms with Gasteiger partial charge in [0, 0.05) is 34.8 Å². The highest BCUT2D eigenvalue weighted by Gasteiger charge is 2.13. The second-order valence-corrected chi connectivity index (χ2v) is 8.76. The molecule has 1 aromatic carbocycles. The van der Waals surface area contributed by atoms with Crippen molar-refractivity contribution in [1.82, 2.24) is 14.9 Å². The van der Waals surface area contributed by atoms with Crippen molar-refractivity contribution in [1.29, 1.82) is 0 Å². The number of nitrogens with one attached hydrogen (secondary N) is 2. The van der Waals surface area contributed by atoms with E-state index < -0.39 is 0 Å². The molecule has 7 nitrogen and oxygen atoms in total. The van der Waals surface area contributed by atoms with Crippen LogP contribution in [0.25, 0.3) is 10.9 Å². The molecule has 2 heterocycles. The lowest BCUT2D eigenvalue weighted by atomic mass is 10.1. The number of amides is 1. The number of fused-ring (bicyclic) bond motifs is 1. The third kappa shape index (κ3) is 9.30. The highest BCUT2D eigenvalue weighted by Crippen LogP contribution is 2.32. The van der Waals surface area contributed by atoms with Gasteiger partial charge >= 0.3 is 0 Å². The molecule has 0 atom stereocenters. The van der Waals surface area contributed by atoms with Crippen LogP contribution in [0.2, 0.25) is 0 Å². The number of hydrogen-bond acceptors (Lipinski definition) is 6. The summed E-state index contributed by atoms with van der Waals surface area (Å²) in [7, 11) is 1.57. The van der Waals surface area contributed by atoms with E-state index in [1.54, 1.807) is 19.3 Å². The normalized spacial score (nSPS) is 14.7. The summed E-state index contributed by atoms with van der Waals surface area (Å²) in [5, 5.41) is 7.13. The number of allylic oxidation sites excluding steroid dienone is 3. The van der Waals surface area contributed by atoms with Gasteiger partial charge in [-0.15, -0.1) is 0 Å². The molecule has 1 aromatic heterocycles. The van der Waals surface area contributed by atoms with Gasteiger partial charge in [-0.25, -0.2) is 14.4 Å². The van der Waals surface area contributed by atoms with Gasteiger partial charge in [-0.1, -0.05) is 37.6 Å². The first-order valence-corrected chi connectivity index (χ1v) is 12.1. The Bertz CT molecular complexity index is 1060. The number of carbonyl (C=O) groups is 1. The van der Waals surface area contributed by atoms with Crippen LogP contribution >= 0.6 is 11.6 Å². The second-order valence-electron chi connectivity index (χ2n) is 8.19. The highest BCUT2D eigenvalue weighted by molar-refractivity contribution is 6.29. The van der Waals surface area contributed by atoms with Gasteiger partial charge in [0.25, 0.3) is 0 Å². The fourth-order valence-corrected chi connectivity index (χ4v) is 3.33. The van der Waals surface area contributed by atoms with E-state index in [2.05, 4.69) is 32.1 Å². The summed E-state index contributed by atoms with van der Waals surface area (Å²) in [5.41, 5.74) is 2.15. The summed E-state index contributed by atoms with van der Waals surface area (Å²) in [6.07, 6.45) is 9.54. The number of hydrogen-bond donors (Lipinski definition) is 2. The van der Waals surface area contributed by atoms with Crippen molar-refractivity contribution < 1.29 is 13.9 Å². The molecule has 0 unspecified atom stereocenters. The largest absolute Gasteiger partial charge is 0.494 e. The predicted molar refractivity (Wildman–Crippen MR) is 143 cm³/mol. The van der Waals surface area contributed by atoms with Crippen molar-refractivity contribution in [2.24, 2.45) is 0 Å². The Labute approximate surface area is 212 Å². The molecular weight excluding hydrogens is 469 g/mol. The molecule has 0 bridgehead atoms. The number of piperidine rings is 1. The van der Waals surface area contributed by atoms with Crippen LogP contribution in [0.4, 0.5) is 15.9 Å².